The third-order valence-electron chi connectivity index (χ3n) is 4.25. The average molecular weight is 431 g/mol. The predicted octanol–water partition coefficient (Wildman–Crippen LogP) is 2.78. The van der Waals surface area contributed by atoms with E-state index in [4.69, 9.17) is 9.47 Å². The zero-order valence-corrected chi connectivity index (χ0v) is 17.2. The van der Waals surface area contributed by atoms with Crippen LogP contribution in [0.5, 0.6) is 5.75 Å². The lowest BCUT2D eigenvalue weighted by molar-refractivity contribution is -0.137. The minimum atomic E-state index is -4.58. The molecule has 0 spiro atoms. The molecule has 0 fully saturated rings. The van der Waals surface area contributed by atoms with Crippen LogP contribution >= 0.6 is 0 Å². The molecule has 1 aliphatic heterocycles. The van der Waals surface area contributed by atoms with E-state index in [1.807, 2.05) is 0 Å². The number of alkyl halides is 3. The number of nitrogens with one attached hydrogen (secondary N) is 2. The van der Waals surface area contributed by atoms with Crippen LogP contribution in [0.3, 0.4) is 0 Å². The van der Waals surface area contributed by atoms with Crippen molar-refractivity contribution in [2.45, 2.75) is 51.6 Å². The fourth-order valence-corrected chi connectivity index (χ4v) is 2.47. The van der Waals surface area contributed by atoms with Crippen molar-refractivity contribution in [3.63, 3.8) is 0 Å². The van der Waals surface area contributed by atoms with Gasteiger partial charge >= 0.3 is 12.3 Å². The van der Waals surface area contributed by atoms with Crippen molar-refractivity contribution in [1.29, 1.82) is 0 Å². The van der Waals surface area contributed by atoms with Crippen LogP contribution in [0, 0.1) is 0 Å². The Labute approximate surface area is 171 Å². The van der Waals surface area contributed by atoms with Crippen LogP contribution in [0.2, 0.25) is 0 Å². The number of carbonyl (C=O) groups excluding carboxylic acids is 3. The number of nitrogens with zero attached hydrogens (tertiary/aromatic N) is 1. The predicted molar refractivity (Wildman–Crippen MR) is 101 cm³/mol. The third-order valence-corrected chi connectivity index (χ3v) is 4.25. The number of rotatable bonds is 3. The van der Waals surface area contributed by atoms with Gasteiger partial charge in [-0.05, 0) is 45.9 Å². The zero-order chi connectivity index (χ0) is 22.9. The normalized spacial score (nSPS) is 17.6. The molecule has 1 heterocycles. The summed E-state index contributed by atoms with van der Waals surface area (Å²) >= 11 is 0. The number of likely N-dealkylation sites (N-methyl/N-ethyl adjacent to an activating group) is 1. The van der Waals surface area contributed by atoms with Crippen LogP contribution in [0.1, 0.15) is 33.3 Å². The maximum atomic E-state index is 12.9. The Bertz CT molecular complexity index is 836. The SMILES string of the molecule is C[C@@H](C(=O)N[C@H]1COc2ccc(C(F)(F)F)cc2NC1=O)N(C)C(=O)OC(C)(C)C. The van der Waals surface area contributed by atoms with E-state index in [2.05, 4.69) is 10.6 Å². The van der Waals surface area contributed by atoms with Gasteiger partial charge in [-0.3, -0.25) is 14.5 Å². The molecular formula is C19H24F3N3O5. The summed E-state index contributed by atoms with van der Waals surface area (Å²) in [7, 11) is 1.37. The molecule has 0 saturated carbocycles. The van der Waals surface area contributed by atoms with E-state index < -0.39 is 47.3 Å². The van der Waals surface area contributed by atoms with Gasteiger partial charge in [0, 0.05) is 7.05 Å². The van der Waals surface area contributed by atoms with E-state index in [0.29, 0.717) is 0 Å². The van der Waals surface area contributed by atoms with E-state index in [9.17, 15) is 27.6 Å². The van der Waals surface area contributed by atoms with Crippen LogP contribution in [0.25, 0.3) is 0 Å². The second kappa shape index (κ2) is 8.41. The van der Waals surface area contributed by atoms with Crippen molar-refractivity contribution in [3.8, 4) is 5.75 Å². The van der Waals surface area contributed by atoms with Crippen molar-refractivity contribution < 1.29 is 37.0 Å². The molecule has 1 aromatic rings. The first-order valence-corrected chi connectivity index (χ1v) is 9.10. The van der Waals surface area contributed by atoms with Crippen molar-refractivity contribution in [3.05, 3.63) is 23.8 Å². The highest BCUT2D eigenvalue weighted by Crippen LogP contribution is 2.35. The van der Waals surface area contributed by atoms with Gasteiger partial charge in [0.05, 0.1) is 11.3 Å². The number of anilines is 1. The molecule has 0 radical (unpaired) electrons. The fourth-order valence-electron chi connectivity index (χ4n) is 2.47. The molecule has 0 aromatic heterocycles. The van der Waals surface area contributed by atoms with E-state index in [0.717, 1.165) is 23.1 Å². The van der Waals surface area contributed by atoms with Gasteiger partial charge in [0.25, 0.3) is 5.91 Å². The number of amides is 3. The van der Waals surface area contributed by atoms with Gasteiger partial charge in [0.2, 0.25) is 5.91 Å². The first kappa shape index (κ1) is 23.3. The van der Waals surface area contributed by atoms with E-state index in [1.165, 1.54) is 14.0 Å². The summed E-state index contributed by atoms with van der Waals surface area (Å²) in [5.74, 6) is -1.35. The van der Waals surface area contributed by atoms with Crippen LogP contribution in [-0.2, 0) is 20.5 Å². The summed E-state index contributed by atoms with van der Waals surface area (Å²) in [6.45, 7) is 6.19. The summed E-state index contributed by atoms with van der Waals surface area (Å²) in [4.78, 5) is 38.1. The number of carbonyl (C=O) groups is 3. The molecule has 1 aliphatic rings. The number of benzene rings is 1. The Morgan fingerprint density at radius 3 is 2.50 bits per heavy atom. The number of hydrogen-bond donors (Lipinski definition) is 2. The highest BCUT2D eigenvalue weighted by Gasteiger charge is 2.34. The molecule has 2 rings (SSSR count). The second-order valence-corrected chi connectivity index (χ2v) is 7.84. The Balaban J connectivity index is 2.06. The molecule has 11 heteroatoms. The smallest absolute Gasteiger partial charge is 0.416 e. The highest BCUT2D eigenvalue weighted by atomic mass is 19.4. The minimum Gasteiger partial charge on any atom is -0.489 e. The lowest BCUT2D eigenvalue weighted by Gasteiger charge is -2.28. The zero-order valence-electron chi connectivity index (χ0n) is 17.2. The van der Waals surface area contributed by atoms with Gasteiger partial charge < -0.3 is 20.1 Å². The molecule has 0 aliphatic carbocycles. The molecular weight excluding hydrogens is 407 g/mol. The van der Waals surface area contributed by atoms with Crippen molar-refractivity contribution in [2.75, 3.05) is 19.0 Å². The van der Waals surface area contributed by atoms with Crippen molar-refractivity contribution in [2.24, 2.45) is 0 Å². The summed E-state index contributed by atoms with van der Waals surface area (Å²) in [6.07, 6.45) is -5.31. The lowest BCUT2D eigenvalue weighted by Crippen LogP contribution is -2.53. The highest BCUT2D eigenvalue weighted by molar-refractivity contribution is 5.99. The fraction of sp³-hybridized carbons (Fsp3) is 0.526. The lowest BCUT2D eigenvalue weighted by atomic mass is 10.1. The summed E-state index contributed by atoms with van der Waals surface area (Å²) < 4.78 is 49.2. The van der Waals surface area contributed by atoms with Crippen LogP contribution < -0.4 is 15.4 Å². The average Bonchev–Trinajstić information content (AvgIpc) is 2.76. The summed E-state index contributed by atoms with van der Waals surface area (Å²) in [5.41, 5.74) is -1.84. The molecule has 1 aromatic carbocycles. The Morgan fingerprint density at radius 1 is 1.30 bits per heavy atom. The summed E-state index contributed by atoms with van der Waals surface area (Å²) in [6, 6.07) is 0.545. The number of fused-ring (bicyclic) bond motifs is 1. The van der Waals surface area contributed by atoms with Crippen LogP contribution in [-0.4, -0.2) is 54.1 Å². The monoisotopic (exact) mass is 431 g/mol. The number of ether oxygens (including phenoxy) is 2. The molecule has 30 heavy (non-hydrogen) atoms. The van der Waals surface area contributed by atoms with Crippen molar-refractivity contribution >= 4 is 23.6 Å². The largest absolute Gasteiger partial charge is 0.489 e. The molecule has 0 saturated heterocycles. The molecule has 3 amide bonds. The van der Waals surface area contributed by atoms with E-state index in [1.54, 1.807) is 20.8 Å². The number of halogens is 3. The molecule has 0 bridgehead atoms. The maximum absolute atomic E-state index is 12.9. The topological polar surface area (TPSA) is 97.0 Å². The van der Waals surface area contributed by atoms with Crippen LogP contribution in [0.15, 0.2) is 18.2 Å². The van der Waals surface area contributed by atoms with Gasteiger partial charge in [0.15, 0.2) is 0 Å². The summed E-state index contributed by atoms with van der Waals surface area (Å²) in [5, 5.41) is 4.77. The standard InChI is InChI=1S/C19H24F3N3O5/c1-10(25(5)17(28)30-18(2,3)4)15(26)24-13-9-29-14-7-6-11(19(20,21)22)8-12(14)23-16(13)27/h6-8,10,13H,9H2,1-5H3,(H,23,27)(H,24,26)/t10-,13-/m0/s1. The van der Waals surface area contributed by atoms with Crippen molar-refractivity contribution in [1.82, 2.24) is 10.2 Å². The second-order valence-electron chi connectivity index (χ2n) is 7.84. The minimum absolute atomic E-state index is 0.0482. The molecule has 166 valence electrons. The quantitative estimate of drug-likeness (QED) is 0.767. The molecule has 8 nitrogen and oxygen atoms in total. The maximum Gasteiger partial charge on any atom is 0.416 e. The molecule has 2 N–H and O–H groups in total. The van der Waals surface area contributed by atoms with Gasteiger partial charge in [-0.2, -0.15) is 13.2 Å². The first-order valence-electron chi connectivity index (χ1n) is 9.10. The van der Waals surface area contributed by atoms with E-state index in [-0.39, 0.29) is 18.0 Å². The van der Waals surface area contributed by atoms with Gasteiger partial charge in [-0.25, -0.2) is 4.79 Å². The molecule has 0 unspecified atom stereocenters. The third kappa shape index (κ3) is 5.77. The Morgan fingerprint density at radius 2 is 1.93 bits per heavy atom. The Hall–Kier alpha value is -2.98. The first-order chi connectivity index (χ1) is 13.7. The molecule has 2 atom stereocenters. The van der Waals surface area contributed by atoms with E-state index >= 15 is 0 Å². The van der Waals surface area contributed by atoms with Gasteiger partial charge in [-0.1, -0.05) is 0 Å². The Kier molecular flexibility index (Phi) is 6.53. The number of hydrogen-bond acceptors (Lipinski definition) is 5. The van der Waals surface area contributed by atoms with Crippen LogP contribution in [0.4, 0.5) is 23.7 Å². The van der Waals surface area contributed by atoms with Gasteiger partial charge in [0.1, 0.15) is 30.0 Å². The van der Waals surface area contributed by atoms with Gasteiger partial charge in [-0.15, -0.1) is 0 Å².